The van der Waals surface area contributed by atoms with Crippen LogP contribution in [0, 0.1) is 5.82 Å². The van der Waals surface area contributed by atoms with Gasteiger partial charge in [-0.05, 0) is 42.0 Å². The number of hydrogen-bond acceptors (Lipinski definition) is 5. The molecule has 1 aliphatic heterocycles. The summed E-state index contributed by atoms with van der Waals surface area (Å²) in [6, 6.07) is 8.14. The van der Waals surface area contributed by atoms with E-state index in [4.69, 9.17) is 5.11 Å². The van der Waals surface area contributed by atoms with Gasteiger partial charge in [0.05, 0.1) is 10.9 Å². The lowest BCUT2D eigenvalue weighted by Crippen LogP contribution is -2.50. The van der Waals surface area contributed by atoms with E-state index in [1.54, 1.807) is 0 Å². The van der Waals surface area contributed by atoms with Gasteiger partial charge in [0.15, 0.2) is 0 Å². The largest absolute Gasteiger partial charge is 0.573 e. The minimum absolute atomic E-state index is 0.174. The van der Waals surface area contributed by atoms with Gasteiger partial charge >= 0.3 is 12.5 Å². The molecule has 2 aromatic rings. The Morgan fingerprint density at radius 2 is 1.61 bits per heavy atom. The third kappa shape index (κ3) is 7.04. The van der Waals surface area contributed by atoms with Crippen molar-refractivity contribution >= 4 is 16.1 Å². The van der Waals surface area contributed by atoms with Crippen LogP contribution in [0.3, 0.4) is 0 Å². The first-order valence-corrected chi connectivity index (χ1v) is 11.2. The predicted octanol–water partition coefficient (Wildman–Crippen LogP) is 3.04. The number of benzene rings is 2. The Hall–Kier alpha value is -2.90. The van der Waals surface area contributed by atoms with Crippen molar-refractivity contribution in [1.82, 2.24) is 14.5 Å². The summed E-state index contributed by atoms with van der Waals surface area (Å²) in [5, 5.41) is 9.08. The molecule has 1 fully saturated rings. The zero-order valence-corrected chi connectivity index (χ0v) is 17.9. The average Bonchev–Trinajstić information content (AvgIpc) is 2.73. The summed E-state index contributed by atoms with van der Waals surface area (Å²) in [4.78, 5) is 13.9. The standard InChI is InChI=1S/C20H21F4N3O5S/c21-15-3-1-14(2-4-15)18(13-26-9-11-27(12-10-26)19(28)29)25-33(30,31)17-7-5-16(6-8-17)32-20(22,23)24/h1-8,18,25H,9-13H2,(H,28,29)/t18-/m0/s1. The van der Waals surface area contributed by atoms with Crippen molar-refractivity contribution in [3.05, 3.63) is 59.9 Å². The number of amides is 1. The second kappa shape index (κ2) is 9.93. The molecule has 1 heterocycles. The lowest BCUT2D eigenvalue weighted by molar-refractivity contribution is -0.274. The Kier molecular flexibility index (Phi) is 7.44. The number of alkyl halides is 3. The van der Waals surface area contributed by atoms with E-state index in [0.29, 0.717) is 18.7 Å². The maximum atomic E-state index is 13.4. The first-order valence-electron chi connectivity index (χ1n) is 9.77. The van der Waals surface area contributed by atoms with Crippen molar-refractivity contribution in [1.29, 1.82) is 0 Å². The van der Waals surface area contributed by atoms with E-state index in [2.05, 4.69) is 9.46 Å². The van der Waals surface area contributed by atoms with Gasteiger partial charge in [0, 0.05) is 32.7 Å². The van der Waals surface area contributed by atoms with E-state index in [1.165, 1.54) is 29.2 Å². The number of ether oxygens (including phenoxy) is 1. The van der Waals surface area contributed by atoms with Crippen molar-refractivity contribution in [3.63, 3.8) is 0 Å². The molecule has 1 saturated heterocycles. The molecule has 0 spiro atoms. The van der Waals surface area contributed by atoms with Crippen LogP contribution in [0.15, 0.2) is 53.4 Å². The van der Waals surface area contributed by atoms with Crippen LogP contribution in [0.1, 0.15) is 11.6 Å². The lowest BCUT2D eigenvalue weighted by Gasteiger charge is -2.35. The monoisotopic (exact) mass is 491 g/mol. The number of nitrogens with zero attached hydrogens (tertiary/aromatic N) is 2. The number of rotatable bonds is 7. The number of hydrogen-bond donors (Lipinski definition) is 2. The fourth-order valence-electron chi connectivity index (χ4n) is 3.36. The van der Waals surface area contributed by atoms with Gasteiger partial charge < -0.3 is 14.7 Å². The molecule has 0 aliphatic carbocycles. The molecule has 13 heteroatoms. The molecule has 0 bridgehead atoms. The number of nitrogens with one attached hydrogen (secondary N) is 1. The van der Waals surface area contributed by atoms with Gasteiger partial charge in [-0.2, -0.15) is 0 Å². The van der Waals surface area contributed by atoms with Crippen LogP contribution in [0.2, 0.25) is 0 Å². The van der Waals surface area contributed by atoms with E-state index < -0.39 is 40.1 Å². The van der Waals surface area contributed by atoms with Gasteiger partial charge in [-0.15, -0.1) is 13.2 Å². The van der Waals surface area contributed by atoms with E-state index in [-0.39, 0.29) is 24.5 Å². The van der Waals surface area contributed by atoms with Gasteiger partial charge in [-0.3, -0.25) is 4.90 Å². The van der Waals surface area contributed by atoms with Crippen molar-refractivity contribution in [2.24, 2.45) is 0 Å². The second-order valence-corrected chi connectivity index (χ2v) is 9.03. The van der Waals surface area contributed by atoms with E-state index >= 15 is 0 Å². The Labute approximate surface area is 187 Å². The summed E-state index contributed by atoms with van der Waals surface area (Å²) < 4.78 is 82.5. The molecule has 2 aromatic carbocycles. The van der Waals surface area contributed by atoms with Crippen LogP contribution in [0.5, 0.6) is 5.75 Å². The molecule has 0 saturated carbocycles. The Morgan fingerprint density at radius 1 is 1.03 bits per heavy atom. The van der Waals surface area contributed by atoms with Crippen molar-refractivity contribution in [2.75, 3.05) is 32.7 Å². The molecule has 3 rings (SSSR count). The summed E-state index contributed by atoms with van der Waals surface area (Å²) in [5.41, 5.74) is 0.470. The van der Waals surface area contributed by atoms with E-state index in [9.17, 15) is 30.8 Å². The maximum Gasteiger partial charge on any atom is 0.573 e. The fourth-order valence-corrected chi connectivity index (χ4v) is 4.58. The maximum absolute atomic E-state index is 13.4. The normalized spacial score (nSPS) is 16.4. The van der Waals surface area contributed by atoms with Gasteiger partial charge in [-0.25, -0.2) is 22.3 Å². The number of carboxylic acid groups (broad SMARTS) is 1. The van der Waals surface area contributed by atoms with Crippen LogP contribution in [0.4, 0.5) is 22.4 Å². The van der Waals surface area contributed by atoms with Crippen LogP contribution in [-0.2, 0) is 10.0 Å². The molecule has 0 unspecified atom stereocenters. The average molecular weight is 491 g/mol. The van der Waals surface area contributed by atoms with Crippen molar-refractivity contribution < 1.29 is 40.6 Å². The molecular formula is C20H21F4N3O5S. The fraction of sp³-hybridized carbons (Fsp3) is 0.350. The number of piperazine rings is 1. The number of halogens is 4. The molecule has 180 valence electrons. The summed E-state index contributed by atoms with van der Waals surface area (Å²) in [7, 11) is -4.16. The van der Waals surface area contributed by atoms with Crippen molar-refractivity contribution in [2.45, 2.75) is 17.3 Å². The quantitative estimate of drug-likeness (QED) is 0.578. The SMILES string of the molecule is O=C(O)N1CCN(C[C@H](NS(=O)(=O)c2ccc(OC(F)(F)F)cc2)c2ccc(F)cc2)CC1. The van der Waals surface area contributed by atoms with Crippen molar-refractivity contribution in [3.8, 4) is 5.75 Å². The molecule has 33 heavy (non-hydrogen) atoms. The van der Waals surface area contributed by atoms with Crippen LogP contribution >= 0.6 is 0 Å². The van der Waals surface area contributed by atoms with E-state index in [0.717, 1.165) is 24.3 Å². The minimum atomic E-state index is -4.91. The highest BCUT2D eigenvalue weighted by Crippen LogP contribution is 2.25. The number of carbonyl (C=O) groups is 1. The first-order chi connectivity index (χ1) is 15.4. The zero-order valence-electron chi connectivity index (χ0n) is 17.1. The molecule has 1 atom stereocenters. The zero-order chi connectivity index (χ0) is 24.2. The van der Waals surface area contributed by atoms with Crippen LogP contribution in [0.25, 0.3) is 0 Å². The topological polar surface area (TPSA) is 99.2 Å². The molecule has 0 aromatic heterocycles. The molecule has 1 amide bonds. The highest BCUT2D eigenvalue weighted by Gasteiger charge is 2.31. The lowest BCUT2D eigenvalue weighted by atomic mass is 10.1. The highest BCUT2D eigenvalue weighted by atomic mass is 32.2. The minimum Gasteiger partial charge on any atom is -0.465 e. The molecule has 1 aliphatic rings. The molecule has 2 N–H and O–H groups in total. The number of sulfonamides is 1. The van der Waals surface area contributed by atoms with Crippen LogP contribution in [-0.4, -0.2) is 68.5 Å². The Morgan fingerprint density at radius 3 is 2.12 bits per heavy atom. The summed E-state index contributed by atoms with van der Waals surface area (Å²) in [5.74, 6) is -1.07. The smallest absolute Gasteiger partial charge is 0.465 e. The second-order valence-electron chi connectivity index (χ2n) is 7.31. The van der Waals surface area contributed by atoms with Gasteiger partial charge in [0.2, 0.25) is 10.0 Å². The first kappa shape index (κ1) is 24.7. The van der Waals surface area contributed by atoms with E-state index in [1.807, 2.05) is 4.90 Å². The van der Waals surface area contributed by atoms with Gasteiger partial charge in [-0.1, -0.05) is 12.1 Å². The Bertz CT molecular complexity index is 1050. The summed E-state index contributed by atoms with van der Waals surface area (Å²) in [6.45, 7) is 1.41. The highest BCUT2D eigenvalue weighted by molar-refractivity contribution is 7.89. The molecule has 8 nitrogen and oxygen atoms in total. The van der Waals surface area contributed by atoms with Crippen LogP contribution < -0.4 is 9.46 Å². The van der Waals surface area contributed by atoms with Gasteiger partial charge in [0.1, 0.15) is 11.6 Å². The molecular weight excluding hydrogens is 470 g/mol. The molecule has 0 radical (unpaired) electrons. The predicted molar refractivity (Wildman–Crippen MR) is 109 cm³/mol. The third-order valence-electron chi connectivity index (χ3n) is 5.02. The third-order valence-corrected chi connectivity index (χ3v) is 6.51. The summed E-state index contributed by atoms with van der Waals surface area (Å²) >= 11 is 0. The van der Waals surface area contributed by atoms with Gasteiger partial charge in [0.25, 0.3) is 0 Å². The Balaban J connectivity index is 1.77. The summed E-state index contributed by atoms with van der Waals surface area (Å²) in [6.07, 6.45) is -5.94.